The number of carbonyl (C=O) groups is 1. The second-order valence-corrected chi connectivity index (χ2v) is 2.84. The van der Waals surface area contributed by atoms with Crippen molar-refractivity contribution in [2.45, 2.75) is 0 Å². The van der Waals surface area contributed by atoms with E-state index in [0.717, 1.165) is 11.0 Å². The van der Waals surface area contributed by atoms with Crippen molar-refractivity contribution in [2.24, 2.45) is 0 Å². The molecule has 0 aliphatic rings. The number of fused-ring (bicyclic) bond motifs is 1. The maximum absolute atomic E-state index is 11.3. The molecule has 2 aromatic rings. The maximum atomic E-state index is 11.3. The zero-order chi connectivity index (χ0) is 9.97. The quantitative estimate of drug-likeness (QED) is 0.724. The summed E-state index contributed by atoms with van der Waals surface area (Å²) in [6.45, 7) is 0. The summed E-state index contributed by atoms with van der Waals surface area (Å²) >= 11 is 0. The molecular weight excluding hydrogens is 178 g/mol. The number of hydrogen-bond donors (Lipinski definition) is 1. The van der Waals surface area contributed by atoms with Crippen molar-refractivity contribution in [1.82, 2.24) is 15.3 Å². The highest BCUT2D eigenvalue weighted by Gasteiger charge is 2.04. The van der Waals surface area contributed by atoms with Crippen LogP contribution in [-0.2, 0) is 0 Å². The molecule has 0 bridgehead atoms. The number of aromatic nitrogens is 2. The predicted molar refractivity (Wildman–Crippen MR) is 52.9 cm³/mol. The van der Waals surface area contributed by atoms with Gasteiger partial charge in [-0.15, -0.1) is 0 Å². The topological polar surface area (TPSA) is 54.9 Å². The van der Waals surface area contributed by atoms with Crippen LogP contribution < -0.4 is 5.32 Å². The number of hydrogen-bond acceptors (Lipinski definition) is 3. The Morgan fingerprint density at radius 2 is 2.21 bits per heavy atom. The maximum Gasteiger partial charge on any atom is 0.252 e. The Hall–Kier alpha value is -1.97. The lowest BCUT2D eigenvalue weighted by Gasteiger charge is -2.00. The summed E-state index contributed by atoms with van der Waals surface area (Å²) in [5, 5.41) is 2.54. The standard InChI is InChI=1S/C10H9N3O/c1-11-10(14)7-5-9-8(13-6-7)3-2-4-12-9/h2-6H,1H3,(H,11,14). The molecule has 70 valence electrons. The first-order chi connectivity index (χ1) is 6.81. The molecule has 0 spiro atoms. The lowest BCUT2D eigenvalue weighted by Crippen LogP contribution is -2.17. The van der Waals surface area contributed by atoms with E-state index in [1.54, 1.807) is 25.5 Å². The molecule has 0 saturated carbocycles. The minimum atomic E-state index is -0.148. The largest absolute Gasteiger partial charge is 0.355 e. The van der Waals surface area contributed by atoms with Gasteiger partial charge in [0.2, 0.25) is 0 Å². The molecule has 4 heteroatoms. The van der Waals surface area contributed by atoms with Crippen LogP contribution in [-0.4, -0.2) is 22.9 Å². The van der Waals surface area contributed by atoms with Gasteiger partial charge in [-0.1, -0.05) is 0 Å². The van der Waals surface area contributed by atoms with E-state index in [1.807, 2.05) is 12.1 Å². The lowest BCUT2D eigenvalue weighted by atomic mass is 10.2. The second-order valence-electron chi connectivity index (χ2n) is 2.84. The fraction of sp³-hybridized carbons (Fsp3) is 0.100. The molecule has 14 heavy (non-hydrogen) atoms. The van der Waals surface area contributed by atoms with Gasteiger partial charge in [0, 0.05) is 19.4 Å². The second kappa shape index (κ2) is 3.41. The van der Waals surface area contributed by atoms with Crippen LogP contribution in [0.4, 0.5) is 0 Å². The van der Waals surface area contributed by atoms with Crippen molar-refractivity contribution in [3.63, 3.8) is 0 Å². The van der Waals surface area contributed by atoms with E-state index < -0.39 is 0 Å². The molecule has 0 aliphatic heterocycles. The van der Waals surface area contributed by atoms with Crippen LogP contribution in [0.5, 0.6) is 0 Å². The average molecular weight is 187 g/mol. The molecule has 0 unspecified atom stereocenters. The SMILES string of the molecule is CNC(=O)c1cnc2cccnc2c1. The predicted octanol–water partition coefficient (Wildman–Crippen LogP) is 0.989. The van der Waals surface area contributed by atoms with Gasteiger partial charge >= 0.3 is 0 Å². The van der Waals surface area contributed by atoms with Gasteiger partial charge < -0.3 is 5.32 Å². The monoisotopic (exact) mass is 187 g/mol. The van der Waals surface area contributed by atoms with E-state index in [-0.39, 0.29) is 5.91 Å². The van der Waals surface area contributed by atoms with Crippen molar-refractivity contribution in [3.8, 4) is 0 Å². The zero-order valence-corrected chi connectivity index (χ0v) is 7.69. The third-order valence-electron chi connectivity index (χ3n) is 1.94. The Morgan fingerprint density at radius 1 is 1.36 bits per heavy atom. The van der Waals surface area contributed by atoms with E-state index in [0.29, 0.717) is 5.56 Å². The first-order valence-corrected chi connectivity index (χ1v) is 4.24. The van der Waals surface area contributed by atoms with Crippen molar-refractivity contribution in [2.75, 3.05) is 7.05 Å². The summed E-state index contributed by atoms with van der Waals surface area (Å²) in [5.41, 5.74) is 2.05. The van der Waals surface area contributed by atoms with Crippen LogP contribution in [0.1, 0.15) is 10.4 Å². The van der Waals surface area contributed by atoms with Crippen LogP contribution >= 0.6 is 0 Å². The Morgan fingerprint density at radius 3 is 3.00 bits per heavy atom. The molecule has 2 rings (SSSR count). The van der Waals surface area contributed by atoms with Gasteiger partial charge in [-0.2, -0.15) is 0 Å². The Balaban J connectivity index is 2.56. The summed E-state index contributed by atoms with van der Waals surface area (Å²) in [6, 6.07) is 5.39. The van der Waals surface area contributed by atoms with Crippen molar-refractivity contribution in [3.05, 3.63) is 36.2 Å². The molecule has 0 fully saturated rings. The zero-order valence-electron chi connectivity index (χ0n) is 7.69. The minimum absolute atomic E-state index is 0.148. The highest BCUT2D eigenvalue weighted by Crippen LogP contribution is 2.09. The number of rotatable bonds is 1. The number of amides is 1. The number of carbonyl (C=O) groups excluding carboxylic acids is 1. The lowest BCUT2D eigenvalue weighted by molar-refractivity contribution is 0.0963. The Kier molecular flexibility index (Phi) is 2.10. The normalized spacial score (nSPS) is 10.1. The summed E-state index contributed by atoms with van der Waals surface area (Å²) in [6.07, 6.45) is 3.22. The van der Waals surface area contributed by atoms with Crippen molar-refractivity contribution < 1.29 is 4.79 Å². The number of pyridine rings is 2. The van der Waals surface area contributed by atoms with Gasteiger partial charge in [0.25, 0.3) is 5.91 Å². The van der Waals surface area contributed by atoms with Crippen LogP contribution in [0.3, 0.4) is 0 Å². The molecule has 0 radical (unpaired) electrons. The fourth-order valence-electron chi connectivity index (χ4n) is 1.22. The molecule has 0 aliphatic carbocycles. The molecule has 4 nitrogen and oxygen atoms in total. The van der Waals surface area contributed by atoms with Gasteiger partial charge in [-0.05, 0) is 18.2 Å². The van der Waals surface area contributed by atoms with E-state index in [9.17, 15) is 4.79 Å². The molecule has 2 aromatic heterocycles. The van der Waals surface area contributed by atoms with Crippen LogP contribution in [0.15, 0.2) is 30.6 Å². The first kappa shape index (κ1) is 8.62. The summed E-state index contributed by atoms with van der Waals surface area (Å²) < 4.78 is 0. The van der Waals surface area contributed by atoms with E-state index in [2.05, 4.69) is 15.3 Å². The molecular formula is C10H9N3O. The highest BCUT2D eigenvalue weighted by molar-refractivity contribution is 5.96. The van der Waals surface area contributed by atoms with Gasteiger partial charge in [0.15, 0.2) is 0 Å². The number of nitrogens with zero attached hydrogens (tertiary/aromatic N) is 2. The van der Waals surface area contributed by atoms with Crippen LogP contribution in [0, 0.1) is 0 Å². The molecule has 1 N–H and O–H groups in total. The van der Waals surface area contributed by atoms with Gasteiger partial charge in [0.05, 0.1) is 16.6 Å². The minimum Gasteiger partial charge on any atom is -0.355 e. The smallest absolute Gasteiger partial charge is 0.252 e. The summed E-state index contributed by atoms with van der Waals surface area (Å²) in [7, 11) is 1.59. The van der Waals surface area contributed by atoms with E-state index in [4.69, 9.17) is 0 Å². The third-order valence-corrected chi connectivity index (χ3v) is 1.94. The first-order valence-electron chi connectivity index (χ1n) is 4.24. The van der Waals surface area contributed by atoms with Crippen LogP contribution in [0.25, 0.3) is 11.0 Å². The van der Waals surface area contributed by atoms with Gasteiger partial charge in [0.1, 0.15) is 0 Å². The fourth-order valence-corrected chi connectivity index (χ4v) is 1.22. The van der Waals surface area contributed by atoms with Gasteiger partial charge in [-0.3, -0.25) is 14.8 Å². The Bertz CT molecular complexity index is 482. The van der Waals surface area contributed by atoms with Gasteiger partial charge in [-0.25, -0.2) is 0 Å². The highest BCUT2D eigenvalue weighted by atomic mass is 16.1. The average Bonchev–Trinajstić information content (AvgIpc) is 2.27. The summed E-state index contributed by atoms with van der Waals surface area (Å²) in [5.74, 6) is -0.148. The number of nitrogens with one attached hydrogen (secondary N) is 1. The van der Waals surface area contributed by atoms with Crippen LogP contribution in [0.2, 0.25) is 0 Å². The molecule has 1 amide bonds. The molecule has 0 atom stereocenters. The van der Waals surface area contributed by atoms with E-state index >= 15 is 0 Å². The molecule has 2 heterocycles. The molecule has 0 saturated heterocycles. The van der Waals surface area contributed by atoms with Crippen molar-refractivity contribution >= 4 is 16.9 Å². The Labute approximate surface area is 81.0 Å². The summed E-state index contributed by atoms with van der Waals surface area (Å²) in [4.78, 5) is 19.5. The third kappa shape index (κ3) is 1.42. The molecule has 0 aromatic carbocycles. The van der Waals surface area contributed by atoms with E-state index in [1.165, 1.54) is 0 Å². The van der Waals surface area contributed by atoms with Crippen molar-refractivity contribution in [1.29, 1.82) is 0 Å².